The maximum absolute atomic E-state index is 12.2. The van der Waals surface area contributed by atoms with Gasteiger partial charge in [0, 0.05) is 5.69 Å². The van der Waals surface area contributed by atoms with Crippen LogP contribution in [-0.2, 0) is 14.2 Å². The Hall–Kier alpha value is -2.42. The summed E-state index contributed by atoms with van der Waals surface area (Å²) in [6.07, 6.45) is -1.77. The van der Waals surface area contributed by atoms with Crippen molar-refractivity contribution in [3.8, 4) is 0 Å². The standard InChI is InChI=1S/C18H18N2O5S/c21-17(14-7-4-8-26-14)20-12-9-23-16-13(10-24-15(12)16)25-18(22)19-11-5-2-1-3-6-11/h1-8,12-13,15-16H,9-10H2,(H,19,22)(H,20,21). The van der Waals surface area contributed by atoms with Crippen molar-refractivity contribution in [3.05, 3.63) is 52.7 Å². The van der Waals surface area contributed by atoms with E-state index >= 15 is 0 Å². The molecule has 0 bridgehead atoms. The second-order valence-corrected chi connectivity index (χ2v) is 7.04. The molecule has 2 N–H and O–H groups in total. The minimum Gasteiger partial charge on any atom is -0.441 e. The number of nitrogens with one attached hydrogen (secondary N) is 2. The molecule has 26 heavy (non-hydrogen) atoms. The summed E-state index contributed by atoms with van der Waals surface area (Å²) in [6.45, 7) is 0.565. The molecule has 2 saturated heterocycles. The number of anilines is 1. The average Bonchev–Trinajstić information content (AvgIpc) is 3.36. The summed E-state index contributed by atoms with van der Waals surface area (Å²) in [5.74, 6) is -0.149. The molecule has 1 aromatic heterocycles. The van der Waals surface area contributed by atoms with Crippen LogP contribution in [0.4, 0.5) is 10.5 Å². The molecule has 2 aliphatic heterocycles. The minimum atomic E-state index is -0.555. The van der Waals surface area contributed by atoms with E-state index in [0.717, 1.165) is 0 Å². The van der Waals surface area contributed by atoms with Gasteiger partial charge in [0.05, 0.1) is 24.1 Å². The molecule has 2 fully saturated rings. The van der Waals surface area contributed by atoms with Crippen LogP contribution < -0.4 is 10.6 Å². The lowest BCUT2D eigenvalue weighted by Gasteiger charge is -2.17. The summed E-state index contributed by atoms with van der Waals surface area (Å²) < 4.78 is 16.9. The van der Waals surface area contributed by atoms with Gasteiger partial charge in [0.25, 0.3) is 5.91 Å². The number of fused-ring (bicyclic) bond motifs is 1. The van der Waals surface area contributed by atoms with Crippen LogP contribution in [-0.4, -0.2) is 49.6 Å². The molecule has 4 atom stereocenters. The Morgan fingerprint density at radius 2 is 1.85 bits per heavy atom. The van der Waals surface area contributed by atoms with E-state index in [-0.39, 0.29) is 30.8 Å². The van der Waals surface area contributed by atoms with Crippen LogP contribution in [0.25, 0.3) is 0 Å². The van der Waals surface area contributed by atoms with Gasteiger partial charge in [0.2, 0.25) is 0 Å². The molecule has 0 radical (unpaired) electrons. The van der Waals surface area contributed by atoms with Crippen molar-refractivity contribution in [2.45, 2.75) is 24.4 Å². The van der Waals surface area contributed by atoms with Gasteiger partial charge in [-0.3, -0.25) is 10.1 Å². The van der Waals surface area contributed by atoms with Crippen LogP contribution in [0.3, 0.4) is 0 Å². The molecule has 2 amide bonds. The second-order valence-electron chi connectivity index (χ2n) is 6.09. The van der Waals surface area contributed by atoms with E-state index < -0.39 is 12.2 Å². The Morgan fingerprint density at radius 3 is 2.62 bits per heavy atom. The monoisotopic (exact) mass is 374 g/mol. The Morgan fingerprint density at radius 1 is 1.04 bits per heavy atom. The zero-order valence-corrected chi connectivity index (χ0v) is 14.6. The van der Waals surface area contributed by atoms with E-state index in [1.807, 2.05) is 29.6 Å². The first-order valence-electron chi connectivity index (χ1n) is 8.31. The van der Waals surface area contributed by atoms with Gasteiger partial charge in [-0.25, -0.2) is 4.79 Å². The lowest BCUT2D eigenvalue weighted by atomic mass is 10.1. The van der Waals surface area contributed by atoms with Crippen molar-refractivity contribution >= 4 is 29.0 Å². The van der Waals surface area contributed by atoms with Crippen molar-refractivity contribution < 1.29 is 23.8 Å². The first kappa shape index (κ1) is 17.0. The molecule has 7 nitrogen and oxygen atoms in total. The lowest BCUT2D eigenvalue weighted by Crippen LogP contribution is -2.44. The molecule has 3 heterocycles. The van der Waals surface area contributed by atoms with E-state index in [0.29, 0.717) is 17.2 Å². The third-order valence-corrected chi connectivity index (χ3v) is 5.22. The number of hydrogen-bond donors (Lipinski definition) is 2. The Bertz CT molecular complexity index is 767. The minimum absolute atomic E-state index is 0.149. The van der Waals surface area contributed by atoms with Gasteiger partial charge in [-0.15, -0.1) is 11.3 Å². The number of hydrogen-bond acceptors (Lipinski definition) is 6. The van der Waals surface area contributed by atoms with Gasteiger partial charge in [0.1, 0.15) is 12.2 Å². The average molecular weight is 374 g/mol. The number of benzene rings is 1. The topological polar surface area (TPSA) is 85.9 Å². The van der Waals surface area contributed by atoms with Gasteiger partial charge in [-0.2, -0.15) is 0 Å². The van der Waals surface area contributed by atoms with Gasteiger partial charge >= 0.3 is 6.09 Å². The molecule has 4 unspecified atom stereocenters. The second kappa shape index (κ2) is 7.45. The summed E-state index contributed by atoms with van der Waals surface area (Å²) in [7, 11) is 0. The highest BCUT2D eigenvalue weighted by molar-refractivity contribution is 7.12. The molecule has 0 spiro atoms. The molecule has 0 saturated carbocycles. The van der Waals surface area contributed by atoms with E-state index in [1.54, 1.807) is 18.2 Å². The number of ether oxygens (including phenoxy) is 3. The molecule has 4 rings (SSSR count). The maximum atomic E-state index is 12.2. The summed E-state index contributed by atoms with van der Waals surface area (Å²) >= 11 is 1.38. The molecular formula is C18H18N2O5S. The predicted molar refractivity (Wildman–Crippen MR) is 95.4 cm³/mol. The molecule has 8 heteroatoms. The van der Waals surface area contributed by atoms with Gasteiger partial charge in [-0.05, 0) is 23.6 Å². The number of carbonyl (C=O) groups excluding carboxylic acids is 2. The number of amides is 2. The largest absolute Gasteiger partial charge is 0.441 e. The number of para-hydroxylation sites is 1. The van der Waals surface area contributed by atoms with Gasteiger partial charge in [-0.1, -0.05) is 24.3 Å². The van der Waals surface area contributed by atoms with Crippen LogP contribution in [0.15, 0.2) is 47.8 Å². The fourth-order valence-electron chi connectivity index (χ4n) is 3.14. The van der Waals surface area contributed by atoms with Crippen molar-refractivity contribution in [1.82, 2.24) is 5.32 Å². The highest BCUT2D eigenvalue weighted by Gasteiger charge is 2.50. The zero-order valence-electron chi connectivity index (χ0n) is 13.8. The van der Waals surface area contributed by atoms with Gasteiger partial charge in [0.15, 0.2) is 6.10 Å². The molecule has 2 aromatic rings. The summed E-state index contributed by atoms with van der Waals surface area (Å²) in [5.41, 5.74) is 0.654. The number of carbonyl (C=O) groups is 2. The SMILES string of the molecule is O=C(Nc1ccccc1)OC1COC2C(NC(=O)c3cccs3)COC12. The Balaban J connectivity index is 1.32. The Kier molecular flexibility index (Phi) is 4.87. The highest BCUT2D eigenvalue weighted by Crippen LogP contribution is 2.29. The van der Waals surface area contributed by atoms with E-state index in [1.165, 1.54) is 11.3 Å². The highest BCUT2D eigenvalue weighted by atomic mass is 32.1. The van der Waals surface area contributed by atoms with Crippen LogP contribution in [0.2, 0.25) is 0 Å². The third kappa shape index (κ3) is 3.57. The summed E-state index contributed by atoms with van der Waals surface area (Å²) in [6, 6.07) is 12.4. The first-order valence-corrected chi connectivity index (χ1v) is 9.19. The van der Waals surface area contributed by atoms with E-state index in [4.69, 9.17) is 14.2 Å². The van der Waals surface area contributed by atoms with Crippen LogP contribution in [0, 0.1) is 0 Å². The van der Waals surface area contributed by atoms with Crippen molar-refractivity contribution in [3.63, 3.8) is 0 Å². The maximum Gasteiger partial charge on any atom is 0.412 e. The summed E-state index contributed by atoms with van der Waals surface area (Å²) in [5, 5.41) is 7.45. The quantitative estimate of drug-likeness (QED) is 0.857. The third-order valence-electron chi connectivity index (χ3n) is 4.35. The summed E-state index contributed by atoms with van der Waals surface area (Å²) in [4.78, 5) is 24.9. The van der Waals surface area contributed by atoms with Gasteiger partial charge < -0.3 is 19.5 Å². The normalized spacial score (nSPS) is 26.9. The van der Waals surface area contributed by atoms with Crippen molar-refractivity contribution in [1.29, 1.82) is 0 Å². The smallest absolute Gasteiger partial charge is 0.412 e. The van der Waals surface area contributed by atoms with E-state index in [9.17, 15) is 9.59 Å². The van der Waals surface area contributed by atoms with Crippen molar-refractivity contribution in [2.75, 3.05) is 18.5 Å². The fourth-order valence-corrected chi connectivity index (χ4v) is 3.77. The molecular weight excluding hydrogens is 356 g/mol. The molecule has 136 valence electrons. The fraction of sp³-hybridized carbons (Fsp3) is 0.333. The lowest BCUT2D eigenvalue weighted by molar-refractivity contribution is 0.00862. The van der Waals surface area contributed by atoms with E-state index in [2.05, 4.69) is 10.6 Å². The van der Waals surface area contributed by atoms with Crippen LogP contribution in [0.1, 0.15) is 9.67 Å². The molecule has 2 aliphatic rings. The predicted octanol–water partition coefficient (Wildman–Crippen LogP) is 2.26. The van der Waals surface area contributed by atoms with Crippen LogP contribution >= 0.6 is 11.3 Å². The molecule has 0 aliphatic carbocycles. The van der Waals surface area contributed by atoms with Crippen molar-refractivity contribution in [2.24, 2.45) is 0 Å². The Labute approximate surface area is 154 Å². The number of rotatable bonds is 4. The van der Waals surface area contributed by atoms with Crippen LogP contribution in [0.5, 0.6) is 0 Å². The zero-order chi connectivity index (χ0) is 17.9. The molecule has 1 aromatic carbocycles. The number of thiophene rings is 1. The first-order chi connectivity index (χ1) is 12.7.